The number of nitrogens with zero attached hydrogens (tertiary/aromatic N) is 2. The van der Waals surface area contributed by atoms with E-state index in [2.05, 4.69) is 61.4 Å². The van der Waals surface area contributed by atoms with Gasteiger partial charge in [-0.05, 0) is 70.8 Å². The van der Waals surface area contributed by atoms with E-state index in [-0.39, 0.29) is 5.54 Å². The van der Waals surface area contributed by atoms with Crippen LogP contribution in [0.5, 0.6) is 0 Å². The lowest BCUT2D eigenvalue weighted by Crippen LogP contribution is -2.41. The maximum atomic E-state index is 6.07. The quantitative estimate of drug-likeness (QED) is 0.661. The number of likely N-dealkylation sites (N-methyl/N-ethyl adjacent to an activating group) is 1. The maximum absolute atomic E-state index is 6.07. The number of anilines is 1. The summed E-state index contributed by atoms with van der Waals surface area (Å²) in [5, 5.41) is 3.29. The molecule has 0 spiro atoms. The van der Waals surface area contributed by atoms with E-state index in [0.717, 1.165) is 12.1 Å². The summed E-state index contributed by atoms with van der Waals surface area (Å²) < 4.78 is 0. The molecule has 0 unspecified atom stereocenters. The Kier molecular flexibility index (Phi) is 4.88. The molecule has 1 aromatic carbocycles. The molecule has 0 saturated heterocycles. The molecule has 0 fully saturated rings. The third kappa shape index (κ3) is 3.97. The van der Waals surface area contributed by atoms with Crippen molar-refractivity contribution in [3.05, 3.63) is 29.3 Å². The van der Waals surface area contributed by atoms with Crippen LogP contribution in [0.15, 0.2) is 23.2 Å². The Balaban J connectivity index is 2.08. The lowest BCUT2D eigenvalue weighted by molar-refractivity contribution is 0.205. The van der Waals surface area contributed by atoms with Crippen molar-refractivity contribution in [1.82, 2.24) is 4.90 Å². The molecule has 0 radical (unpaired) electrons. The van der Waals surface area contributed by atoms with Crippen molar-refractivity contribution in [2.45, 2.75) is 45.1 Å². The van der Waals surface area contributed by atoms with E-state index in [0.29, 0.717) is 12.5 Å². The van der Waals surface area contributed by atoms with Gasteiger partial charge in [-0.25, -0.2) is 0 Å². The molecule has 116 valence electrons. The lowest BCUT2D eigenvalue weighted by Gasteiger charge is -2.30. The molecule has 1 aliphatic carbocycles. The zero-order chi connectivity index (χ0) is 15.5. The Hall–Kier alpha value is -1.55. The summed E-state index contributed by atoms with van der Waals surface area (Å²) in [4.78, 5) is 6.66. The summed E-state index contributed by atoms with van der Waals surface area (Å²) in [6.45, 7) is 5.00. The summed E-state index contributed by atoms with van der Waals surface area (Å²) in [6, 6.07) is 6.43. The van der Waals surface area contributed by atoms with Gasteiger partial charge in [0.05, 0.1) is 6.54 Å². The Labute approximate surface area is 128 Å². The minimum Gasteiger partial charge on any atom is -0.370 e. The second-order valence-electron chi connectivity index (χ2n) is 6.68. The number of nitrogens with one attached hydrogen (secondary N) is 1. The smallest absolute Gasteiger partial charge is 0.193 e. The fourth-order valence-electron chi connectivity index (χ4n) is 2.50. The number of hydrogen-bond donors (Lipinski definition) is 2. The van der Waals surface area contributed by atoms with Crippen LogP contribution in [0.25, 0.3) is 0 Å². The SMILES string of the molecule is CN(C)C(C)(C)CN=C(N)Nc1cccc2c1CCCC2. The number of nitrogens with two attached hydrogens (primary N) is 1. The zero-order valence-electron chi connectivity index (χ0n) is 13.7. The average molecular weight is 288 g/mol. The highest BCUT2D eigenvalue weighted by atomic mass is 15.2. The maximum Gasteiger partial charge on any atom is 0.193 e. The first-order valence-corrected chi connectivity index (χ1v) is 7.75. The van der Waals surface area contributed by atoms with Crippen LogP contribution in [-0.4, -0.2) is 37.0 Å². The van der Waals surface area contributed by atoms with Gasteiger partial charge in [-0.3, -0.25) is 4.99 Å². The Morgan fingerprint density at radius 3 is 2.71 bits per heavy atom. The minimum atomic E-state index is 0.00240. The fraction of sp³-hybridized carbons (Fsp3) is 0.588. The highest BCUT2D eigenvalue weighted by molar-refractivity contribution is 5.93. The first-order valence-electron chi connectivity index (χ1n) is 7.75. The van der Waals surface area contributed by atoms with Crippen LogP contribution in [0.3, 0.4) is 0 Å². The monoisotopic (exact) mass is 288 g/mol. The molecule has 0 atom stereocenters. The number of hydrogen-bond acceptors (Lipinski definition) is 2. The predicted molar refractivity (Wildman–Crippen MR) is 91.0 cm³/mol. The lowest BCUT2D eigenvalue weighted by atomic mass is 9.90. The number of rotatable bonds is 4. The summed E-state index contributed by atoms with van der Waals surface area (Å²) in [5.74, 6) is 0.504. The third-order valence-corrected chi connectivity index (χ3v) is 4.51. The zero-order valence-corrected chi connectivity index (χ0v) is 13.7. The second-order valence-corrected chi connectivity index (χ2v) is 6.68. The standard InChI is InChI=1S/C17H28N4/c1-17(2,21(3)4)12-19-16(18)20-15-11-7-9-13-8-5-6-10-14(13)15/h7,9,11H,5-6,8,10,12H2,1-4H3,(H3,18,19,20). The van der Waals surface area contributed by atoms with E-state index in [9.17, 15) is 0 Å². The van der Waals surface area contributed by atoms with Crippen LogP contribution in [0.2, 0.25) is 0 Å². The molecular weight excluding hydrogens is 260 g/mol. The number of aliphatic imine (C=N–C) groups is 1. The molecule has 0 heterocycles. The van der Waals surface area contributed by atoms with Gasteiger partial charge in [0, 0.05) is 11.2 Å². The van der Waals surface area contributed by atoms with Crippen molar-refractivity contribution in [3.63, 3.8) is 0 Å². The van der Waals surface area contributed by atoms with Gasteiger partial charge in [0.25, 0.3) is 0 Å². The van der Waals surface area contributed by atoms with Crippen molar-refractivity contribution < 1.29 is 0 Å². The van der Waals surface area contributed by atoms with Crippen LogP contribution >= 0.6 is 0 Å². The molecule has 3 N–H and O–H groups in total. The van der Waals surface area contributed by atoms with Crippen molar-refractivity contribution in [2.75, 3.05) is 26.0 Å². The number of benzene rings is 1. The van der Waals surface area contributed by atoms with Crippen molar-refractivity contribution in [1.29, 1.82) is 0 Å². The van der Waals surface area contributed by atoms with Gasteiger partial charge in [0.1, 0.15) is 0 Å². The molecule has 0 saturated carbocycles. The van der Waals surface area contributed by atoms with Crippen LogP contribution < -0.4 is 11.1 Å². The fourth-order valence-corrected chi connectivity index (χ4v) is 2.50. The molecule has 21 heavy (non-hydrogen) atoms. The van der Waals surface area contributed by atoms with Crippen molar-refractivity contribution >= 4 is 11.6 Å². The Morgan fingerprint density at radius 2 is 2.00 bits per heavy atom. The molecule has 4 heteroatoms. The van der Waals surface area contributed by atoms with Crippen LogP contribution in [-0.2, 0) is 12.8 Å². The highest BCUT2D eigenvalue weighted by Gasteiger charge is 2.20. The Morgan fingerprint density at radius 1 is 1.29 bits per heavy atom. The van der Waals surface area contributed by atoms with Crippen molar-refractivity contribution in [2.24, 2.45) is 10.7 Å². The van der Waals surface area contributed by atoms with E-state index in [4.69, 9.17) is 5.73 Å². The Bertz CT molecular complexity index is 518. The van der Waals surface area contributed by atoms with E-state index in [1.807, 2.05) is 0 Å². The molecule has 0 aliphatic heterocycles. The second kappa shape index (κ2) is 6.48. The van der Waals surface area contributed by atoms with Gasteiger partial charge >= 0.3 is 0 Å². The summed E-state index contributed by atoms with van der Waals surface area (Å²) in [7, 11) is 4.12. The first-order chi connectivity index (χ1) is 9.90. The van der Waals surface area contributed by atoms with Crippen LogP contribution in [0.1, 0.15) is 37.8 Å². The van der Waals surface area contributed by atoms with E-state index >= 15 is 0 Å². The molecule has 0 bridgehead atoms. The normalized spacial score (nSPS) is 16.0. The molecule has 2 rings (SSSR count). The van der Waals surface area contributed by atoms with Gasteiger partial charge in [0.2, 0.25) is 0 Å². The number of guanidine groups is 1. The van der Waals surface area contributed by atoms with E-state index in [1.54, 1.807) is 0 Å². The van der Waals surface area contributed by atoms with Gasteiger partial charge in [-0.1, -0.05) is 12.1 Å². The van der Waals surface area contributed by atoms with Crippen LogP contribution in [0, 0.1) is 0 Å². The molecule has 4 nitrogen and oxygen atoms in total. The largest absolute Gasteiger partial charge is 0.370 e. The summed E-state index contributed by atoms with van der Waals surface area (Å²) >= 11 is 0. The van der Waals surface area contributed by atoms with Crippen LogP contribution in [0.4, 0.5) is 5.69 Å². The van der Waals surface area contributed by atoms with Gasteiger partial charge < -0.3 is 16.0 Å². The van der Waals surface area contributed by atoms with Crippen molar-refractivity contribution in [3.8, 4) is 0 Å². The number of fused-ring (bicyclic) bond motifs is 1. The highest BCUT2D eigenvalue weighted by Crippen LogP contribution is 2.27. The predicted octanol–water partition coefficient (Wildman–Crippen LogP) is 2.63. The van der Waals surface area contributed by atoms with Gasteiger partial charge in [0.15, 0.2) is 5.96 Å². The van der Waals surface area contributed by atoms with Gasteiger partial charge in [-0.2, -0.15) is 0 Å². The minimum absolute atomic E-state index is 0.00240. The molecule has 0 amide bonds. The molecular formula is C17H28N4. The first kappa shape index (κ1) is 15.8. The van der Waals surface area contributed by atoms with E-state index in [1.165, 1.54) is 30.4 Å². The molecule has 1 aliphatic rings. The molecule has 0 aromatic heterocycles. The average Bonchev–Trinajstić information content (AvgIpc) is 2.45. The van der Waals surface area contributed by atoms with Gasteiger partial charge in [-0.15, -0.1) is 0 Å². The van der Waals surface area contributed by atoms with E-state index < -0.39 is 0 Å². The summed E-state index contributed by atoms with van der Waals surface area (Å²) in [6.07, 6.45) is 4.86. The topological polar surface area (TPSA) is 53.6 Å². The number of aryl methyl sites for hydroxylation is 1. The third-order valence-electron chi connectivity index (χ3n) is 4.51. The molecule has 1 aromatic rings. The summed E-state index contributed by atoms with van der Waals surface area (Å²) in [5.41, 5.74) is 10.1.